The van der Waals surface area contributed by atoms with Crippen molar-refractivity contribution in [3.63, 3.8) is 0 Å². The van der Waals surface area contributed by atoms with Crippen molar-refractivity contribution in [2.75, 3.05) is 36.9 Å². The van der Waals surface area contributed by atoms with E-state index in [1.54, 1.807) is 12.3 Å². The molecule has 1 aliphatic heterocycles. The van der Waals surface area contributed by atoms with Crippen LogP contribution in [0.25, 0.3) is 44.6 Å². The summed E-state index contributed by atoms with van der Waals surface area (Å²) in [6, 6.07) is 20.0. The van der Waals surface area contributed by atoms with Crippen molar-refractivity contribution < 1.29 is 19.4 Å². The number of aliphatic hydroxyl groups is 1. The lowest BCUT2D eigenvalue weighted by Gasteiger charge is -2.18. The number of pyridine rings is 2. The van der Waals surface area contributed by atoms with Crippen LogP contribution in [0.15, 0.2) is 77.5 Å². The van der Waals surface area contributed by atoms with Crippen LogP contribution < -0.4 is 10.2 Å². The van der Waals surface area contributed by atoms with E-state index in [4.69, 9.17) is 31.1 Å². The van der Waals surface area contributed by atoms with Gasteiger partial charge in [-0.3, -0.25) is 14.7 Å². The molecule has 3 N–H and O–H groups in total. The van der Waals surface area contributed by atoms with Crippen LogP contribution in [0, 0.1) is 13.8 Å². The molecule has 250 valence electrons. The number of oxazole rings is 1. The maximum atomic E-state index is 11.1. The lowest BCUT2D eigenvalue weighted by atomic mass is 9.93. The van der Waals surface area contributed by atoms with Gasteiger partial charge in [-0.25, -0.2) is 9.97 Å². The van der Waals surface area contributed by atoms with Gasteiger partial charge in [-0.05, 0) is 84.5 Å². The van der Waals surface area contributed by atoms with Crippen LogP contribution in [0.4, 0.5) is 17.2 Å². The number of hydrogen-bond acceptors (Lipinski definition) is 9. The maximum Gasteiger partial charge on any atom is 0.305 e. The van der Waals surface area contributed by atoms with Crippen molar-refractivity contribution in [2.45, 2.75) is 39.3 Å². The Hall–Kier alpha value is -5.03. The molecule has 0 unspecified atom stereocenters. The van der Waals surface area contributed by atoms with E-state index in [0.29, 0.717) is 40.9 Å². The summed E-state index contributed by atoms with van der Waals surface area (Å²) in [5.41, 5.74) is 9.69. The van der Waals surface area contributed by atoms with E-state index in [1.165, 1.54) is 0 Å². The molecule has 4 heterocycles. The molecule has 1 fully saturated rings. The molecule has 49 heavy (non-hydrogen) atoms. The summed E-state index contributed by atoms with van der Waals surface area (Å²) in [5, 5.41) is 24.0. The second-order valence-electron chi connectivity index (χ2n) is 12.7. The molecule has 1 aliphatic rings. The largest absolute Gasteiger partial charge is 0.481 e. The number of carboxylic acids is 1. The van der Waals surface area contributed by atoms with Gasteiger partial charge >= 0.3 is 5.97 Å². The Bertz CT molecular complexity index is 2200. The topological polar surface area (TPSA) is 128 Å². The average Bonchev–Trinajstić information content (AvgIpc) is 3.71. The number of carbonyl (C=O) groups is 1. The predicted octanol–water partition coefficient (Wildman–Crippen LogP) is 7.60. The number of fused-ring (bicyclic) bond motifs is 2. The zero-order valence-corrected chi connectivity index (χ0v) is 28.3. The van der Waals surface area contributed by atoms with Crippen molar-refractivity contribution in [1.82, 2.24) is 19.9 Å². The van der Waals surface area contributed by atoms with Gasteiger partial charge in [0.05, 0.1) is 17.5 Å². The summed E-state index contributed by atoms with van der Waals surface area (Å²) in [6.45, 7) is 6.83. The number of aliphatic hydroxyl groups excluding tert-OH is 1. The second kappa shape index (κ2) is 13.5. The Kier molecular flexibility index (Phi) is 8.94. The number of aromatic nitrogens is 3. The Morgan fingerprint density at radius 3 is 2.61 bits per heavy atom. The first kappa shape index (κ1) is 32.5. The molecule has 1 atom stereocenters. The van der Waals surface area contributed by atoms with Crippen LogP contribution >= 0.6 is 11.6 Å². The average molecular weight is 677 g/mol. The molecule has 0 bridgehead atoms. The quantitative estimate of drug-likeness (QED) is 0.133. The first-order valence-electron chi connectivity index (χ1n) is 16.3. The van der Waals surface area contributed by atoms with Gasteiger partial charge < -0.3 is 24.8 Å². The molecule has 0 amide bonds. The standard InChI is InChI=1S/C38H37ClN6O4/c1-22-28(6-4-8-30(22)38-43-33-18-26(17-31(39)36(33)49-38)44(3)14-12-34(47)48)29-7-5-9-32(23(29)2)42-37-35-25(10-13-40-37)16-24(19-41-35)20-45-15-11-27(46)21-45/h4-10,13,16-19,27,46H,11-12,14-15,20-21H2,1-3H3,(H,40,42)(H,47,48)/t27-/m0/s1. The molecule has 0 spiro atoms. The summed E-state index contributed by atoms with van der Waals surface area (Å²) in [5.74, 6) is 0.282. The van der Waals surface area contributed by atoms with E-state index in [-0.39, 0.29) is 12.5 Å². The highest BCUT2D eigenvalue weighted by atomic mass is 35.5. The number of β-amino-alcohol motifs (C(OH)–C–C–N with tert-alkyl or cyclic N) is 1. The zero-order valence-electron chi connectivity index (χ0n) is 27.6. The molecule has 7 rings (SSSR count). The zero-order chi connectivity index (χ0) is 34.2. The summed E-state index contributed by atoms with van der Waals surface area (Å²) < 4.78 is 6.22. The highest BCUT2D eigenvalue weighted by molar-refractivity contribution is 6.35. The molecular formula is C38H37ClN6O4. The van der Waals surface area contributed by atoms with Gasteiger partial charge in [0, 0.05) is 67.9 Å². The lowest BCUT2D eigenvalue weighted by molar-refractivity contribution is -0.136. The number of hydrogen-bond donors (Lipinski definition) is 3. The molecule has 1 saturated heterocycles. The van der Waals surface area contributed by atoms with E-state index in [1.807, 2.05) is 54.5 Å². The van der Waals surface area contributed by atoms with Gasteiger partial charge in [0.15, 0.2) is 11.4 Å². The number of anilines is 3. The van der Waals surface area contributed by atoms with Crippen molar-refractivity contribution in [3.05, 3.63) is 94.8 Å². The second-order valence-corrected chi connectivity index (χ2v) is 13.1. The number of rotatable bonds is 10. The normalized spacial score (nSPS) is 14.9. The number of nitrogens with one attached hydrogen (secondary N) is 1. The molecule has 0 saturated carbocycles. The number of carboxylic acid groups (broad SMARTS) is 1. The highest BCUT2D eigenvalue weighted by Gasteiger charge is 2.21. The van der Waals surface area contributed by atoms with Crippen LogP contribution in [-0.4, -0.2) is 68.8 Å². The smallest absolute Gasteiger partial charge is 0.305 e. The van der Waals surface area contributed by atoms with Gasteiger partial charge in [-0.2, -0.15) is 0 Å². The number of aliphatic carboxylic acids is 1. The molecule has 3 aromatic carbocycles. The fourth-order valence-corrected chi connectivity index (χ4v) is 6.80. The molecule has 0 aliphatic carbocycles. The third kappa shape index (κ3) is 6.67. The number of halogens is 1. The third-order valence-corrected chi connectivity index (χ3v) is 9.56. The van der Waals surface area contributed by atoms with Crippen LogP contribution in [0.1, 0.15) is 29.5 Å². The van der Waals surface area contributed by atoms with E-state index in [2.05, 4.69) is 47.2 Å². The Labute approximate surface area is 289 Å². The predicted molar refractivity (Wildman–Crippen MR) is 194 cm³/mol. The summed E-state index contributed by atoms with van der Waals surface area (Å²) in [7, 11) is 1.83. The molecule has 10 nitrogen and oxygen atoms in total. The summed E-state index contributed by atoms with van der Waals surface area (Å²) in [6.07, 6.45) is 4.27. The number of likely N-dealkylation sites (tertiary alicyclic amines) is 1. The van der Waals surface area contributed by atoms with Gasteiger partial charge in [0.2, 0.25) is 5.89 Å². The van der Waals surface area contributed by atoms with Gasteiger partial charge in [0.25, 0.3) is 0 Å². The molecule has 0 radical (unpaired) electrons. The third-order valence-electron chi connectivity index (χ3n) is 9.28. The highest BCUT2D eigenvalue weighted by Crippen LogP contribution is 2.39. The Morgan fingerprint density at radius 2 is 1.84 bits per heavy atom. The van der Waals surface area contributed by atoms with Crippen LogP contribution in [0.5, 0.6) is 0 Å². The van der Waals surface area contributed by atoms with E-state index < -0.39 is 5.97 Å². The summed E-state index contributed by atoms with van der Waals surface area (Å²) >= 11 is 6.62. The fraction of sp³-hybridized carbons (Fsp3) is 0.263. The molecule has 11 heteroatoms. The minimum absolute atomic E-state index is 0.0144. The molecule has 6 aromatic rings. The molecular weight excluding hydrogens is 640 g/mol. The number of nitrogens with zero attached hydrogens (tertiary/aromatic N) is 5. The van der Waals surface area contributed by atoms with Gasteiger partial charge in [-0.15, -0.1) is 0 Å². The molecule has 3 aromatic heterocycles. The Balaban J connectivity index is 1.17. The number of benzene rings is 3. The van der Waals surface area contributed by atoms with Crippen LogP contribution in [0.3, 0.4) is 0 Å². The first-order chi connectivity index (χ1) is 23.6. The van der Waals surface area contributed by atoms with Crippen molar-refractivity contribution in [3.8, 4) is 22.6 Å². The van der Waals surface area contributed by atoms with Crippen molar-refractivity contribution >= 4 is 56.8 Å². The van der Waals surface area contributed by atoms with Gasteiger partial charge in [0.1, 0.15) is 11.0 Å². The lowest BCUT2D eigenvalue weighted by Crippen LogP contribution is -2.21. The monoisotopic (exact) mass is 676 g/mol. The van der Waals surface area contributed by atoms with E-state index in [9.17, 15) is 9.90 Å². The van der Waals surface area contributed by atoms with Crippen LogP contribution in [0.2, 0.25) is 5.02 Å². The Morgan fingerprint density at radius 1 is 1.06 bits per heavy atom. The van der Waals surface area contributed by atoms with E-state index >= 15 is 0 Å². The van der Waals surface area contributed by atoms with Crippen LogP contribution in [-0.2, 0) is 11.3 Å². The fourth-order valence-electron chi connectivity index (χ4n) is 6.55. The minimum Gasteiger partial charge on any atom is -0.481 e. The van der Waals surface area contributed by atoms with Crippen molar-refractivity contribution in [1.29, 1.82) is 0 Å². The SMILES string of the molecule is Cc1c(Nc2nccc3cc(CN4CC[C@H](O)C4)cnc23)cccc1-c1cccc(-c2nc3cc(N(C)CCC(=O)O)cc(Cl)c3o2)c1C. The maximum absolute atomic E-state index is 11.1. The van der Waals surface area contributed by atoms with Crippen molar-refractivity contribution in [2.24, 2.45) is 0 Å². The first-order valence-corrected chi connectivity index (χ1v) is 16.7. The summed E-state index contributed by atoms with van der Waals surface area (Å²) in [4.78, 5) is 29.4. The minimum atomic E-state index is -0.859. The van der Waals surface area contributed by atoms with E-state index in [0.717, 1.165) is 75.2 Å². The van der Waals surface area contributed by atoms with Gasteiger partial charge in [-0.1, -0.05) is 35.9 Å².